The third-order valence-corrected chi connectivity index (χ3v) is 5.34. The van der Waals surface area contributed by atoms with Gasteiger partial charge in [-0.1, -0.05) is 30.7 Å². The average molecular weight is 305 g/mol. The van der Waals surface area contributed by atoms with E-state index < -0.39 is 15.3 Å². The molecule has 0 spiro atoms. The van der Waals surface area contributed by atoms with Crippen molar-refractivity contribution in [3.63, 3.8) is 0 Å². The van der Waals surface area contributed by atoms with Crippen LogP contribution in [0.5, 0.6) is 0 Å². The summed E-state index contributed by atoms with van der Waals surface area (Å²) in [6, 6.07) is 7.24. The van der Waals surface area contributed by atoms with Crippen LogP contribution in [0.2, 0.25) is 5.02 Å². The second kappa shape index (κ2) is 7.24. The lowest BCUT2D eigenvalue weighted by molar-refractivity contribution is 0.454. The summed E-state index contributed by atoms with van der Waals surface area (Å²) >= 11 is 5.90. The summed E-state index contributed by atoms with van der Waals surface area (Å²) in [5.74, 6) is 0. The Morgan fingerprint density at radius 2 is 2.11 bits per heavy atom. The third kappa shape index (κ3) is 4.76. The van der Waals surface area contributed by atoms with Gasteiger partial charge >= 0.3 is 0 Å². The van der Waals surface area contributed by atoms with Crippen LogP contribution < -0.4 is 5.32 Å². The Hall–Kier alpha value is -0.620. The highest BCUT2D eigenvalue weighted by atomic mass is 35.5. The molecule has 0 aromatic heterocycles. The molecule has 1 aromatic rings. The first kappa shape index (κ1) is 16.4. The molecule has 0 saturated carbocycles. The fourth-order valence-corrected chi connectivity index (χ4v) is 3.23. The summed E-state index contributed by atoms with van der Waals surface area (Å²) in [6.07, 6.45) is 0. The standard InChI is InChI=1S/C13H21ClN2O2S/c1-4-15-9-11(2)19(17,18)16(3)10-12-6-5-7-13(14)8-12/h5-8,11,15H,4,9-10H2,1-3H3. The number of sulfonamides is 1. The molecule has 1 aromatic carbocycles. The van der Waals surface area contributed by atoms with E-state index in [2.05, 4.69) is 5.32 Å². The number of benzene rings is 1. The largest absolute Gasteiger partial charge is 0.316 e. The van der Waals surface area contributed by atoms with Crippen molar-refractivity contribution >= 4 is 21.6 Å². The highest BCUT2D eigenvalue weighted by Crippen LogP contribution is 2.15. The van der Waals surface area contributed by atoms with Crippen molar-refractivity contribution in [2.75, 3.05) is 20.1 Å². The molecule has 0 radical (unpaired) electrons. The predicted octanol–water partition coefficient (Wildman–Crippen LogP) is 2.10. The summed E-state index contributed by atoms with van der Waals surface area (Å²) in [5, 5.41) is 3.22. The number of hydrogen-bond acceptors (Lipinski definition) is 3. The molecule has 1 rings (SSSR count). The van der Waals surface area contributed by atoms with Crippen LogP contribution in [0.3, 0.4) is 0 Å². The second-order valence-electron chi connectivity index (χ2n) is 4.55. The van der Waals surface area contributed by atoms with E-state index >= 15 is 0 Å². The minimum Gasteiger partial charge on any atom is -0.316 e. The first-order valence-electron chi connectivity index (χ1n) is 6.28. The molecule has 1 N–H and O–H groups in total. The predicted molar refractivity (Wildman–Crippen MR) is 79.8 cm³/mol. The van der Waals surface area contributed by atoms with Gasteiger partial charge in [0.1, 0.15) is 0 Å². The van der Waals surface area contributed by atoms with Crippen molar-refractivity contribution in [1.29, 1.82) is 0 Å². The summed E-state index contributed by atoms with van der Waals surface area (Å²) in [5.41, 5.74) is 0.884. The molecule has 19 heavy (non-hydrogen) atoms. The molecule has 0 heterocycles. The van der Waals surface area contributed by atoms with Crippen molar-refractivity contribution in [2.45, 2.75) is 25.6 Å². The minimum absolute atomic E-state index is 0.333. The van der Waals surface area contributed by atoms with Gasteiger partial charge in [0.25, 0.3) is 0 Å². The van der Waals surface area contributed by atoms with Crippen molar-refractivity contribution < 1.29 is 8.42 Å². The van der Waals surface area contributed by atoms with Gasteiger partial charge in [0.15, 0.2) is 0 Å². The van der Waals surface area contributed by atoms with E-state index in [-0.39, 0.29) is 0 Å². The molecule has 0 aliphatic heterocycles. The van der Waals surface area contributed by atoms with Gasteiger partial charge in [-0.3, -0.25) is 0 Å². The van der Waals surface area contributed by atoms with E-state index in [1.165, 1.54) is 4.31 Å². The molecular weight excluding hydrogens is 284 g/mol. The van der Waals surface area contributed by atoms with Crippen LogP contribution in [0.4, 0.5) is 0 Å². The van der Waals surface area contributed by atoms with Crippen LogP contribution in [0.25, 0.3) is 0 Å². The van der Waals surface area contributed by atoms with E-state index in [1.807, 2.05) is 19.1 Å². The topological polar surface area (TPSA) is 49.4 Å². The van der Waals surface area contributed by atoms with Crippen molar-refractivity contribution in [3.05, 3.63) is 34.9 Å². The monoisotopic (exact) mass is 304 g/mol. The summed E-state index contributed by atoms with van der Waals surface area (Å²) in [4.78, 5) is 0. The fraction of sp³-hybridized carbons (Fsp3) is 0.538. The van der Waals surface area contributed by atoms with Crippen LogP contribution in [-0.4, -0.2) is 38.1 Å². The normalized spacial score (nSPS) is 13.7. The van der Waals surface area contributed by atoms with Crippen molar-refractivity contribution in [1.82, 2.24) is 9.62 Å². The quantitative estimate of drug-likeness (QED) is 0.839. The highest BCUT2D eigenvalue weighted by molar-refractivity contribution is 7.89. The first-order valence-corrected chi connectivity index (χ1v) is 8.16. The summed E-state index contributed by atoms with van der Waals surface area (Å²) < 4.78 is 25.9. The van der Waals surface area contributed by atoms with Gasteiger partial charge in [0.2, 0.25) is 10.0 Å². The smallest absolute Gasteiger partial charge is 0.218 e. The number of hydrogen-bond donors (Lipinski definition) is 1. The molecule has 0 fully saturated rings. The Balaban J connectivity index is 2.73. The van der Waals surface area contributed by atoms with E-state index in [4.69, 9.17) is 11.6 Å². The molecule has 1 atom stereocenters. The first-order chi connectivity index (χ1) is 8.87. The molecule has 0 aliphatic rings. The molecule has 108 valence electrons. The summed E-state index contributed by atoms with van der Waals surface area (Å²) in [6.45, 7) is 5.22. The number of nitrogens with zero attached hydrogens (tertiary/aromatic N) is 1. The van der Waals surface area contributed by atoms with Crippen LogP contribution in [-0.2, 0) is 16.6 Å². The molecule has 0 bridgehead atoms. The maximum Gasteiger partial charge on any atom is 0.218 e. The lowest BCUT2D eigenvalue weighted by atomic mass is 10.2. The van der Waals surface area contributed by atoms with Crippen molar-refractivity contribution in [2.24, 2.45) is 0 Å². The number of halogens is 1. The average Bonchev–Trinajstić information content (AvgIpc) is 2.35. The minimum atomic E-state index is -3.29. The van der Waals surface area contributed by atoms with Gasteiger partial charge in [-0.2, -0.15) is 0 Å². The lowest BCUT2D eigenvalue weighted by Crippen LogP contribution is -2.39. The Bertz CT molecular complexity index is 505. The van der Waals surface area contributed by atoms with Gasteiger partial charge in [-0.15, -0.1) is 0 Å². The van der Waals surface area contributed by atoms with Gasteiger partial charge in [-0.05, 0) is 31.2 Å². The fourth-order valence-electron chi connectivity index (χ4n) is 1.74. The zero-order valence-electron chi connectivity index (χ0n) is 11.6. The Morgan fingerprint density at radius 1 is 1.42 bits per heavy atom. The molecule has 0 saturated heterocycles. The molecule has 0 aliphatic carbocycles. The highest BCUT2D eigenvalue weighted by Gasteiger charge is 2.25. The maximum absolute atomic E-state index is 12.3. The summed E-state index contributed by atoms with van der Waals surface area (Å²) in [7, 11) is -1.70. The Labute approximate surface area is 120 Å². The number of rotatable bonds is 7. The van der Waals surface area contributed by atoms with Gasteiger partial charge in [0, 0.05) is 25.2 Å². The maximum atomic E-state index is 12.3. The molecule has 0 amide bonds. The van der Waals surface area contributed by atoms with Crippen LogP contribution in [0.15, 0.2) is 24.3 Å². The lowest BCUT2D eigenvalue weighted by Gasteiger charge is -2.22. The zero-order valence-corrected chi connectivity index (χ0v) is 13.1. The molecular formula is C13H21ClN2O2S. The third-order valence-electron chi connectivity index (χ3n) is 2.92. The Morgan fingerprint density at radius 3 is 2.68 bits per heavy atom. The van der Waals surface area contributed by atoms with E-state index in [1.54, 1.807) is 26.1 Å². The van der Waals surface area contributed by atoms with Crippen LogP contribution >= 0.6 is 11.6 Å². The Kier molecular flexibility index (Phi) is 6.26. The van der Waals surface area contributed by atoms with Gasteiger partial charge in [0.05, 0.1) is 5.25 Å². The SMILES string of the molecule is CCNCC(C)S(=O)(=O)N(C)Cc1cccc(Cl)c1. The molecule has 4 nitrogen and oxygen atoms in total. The van der Waals surface area contributed by atoms with E-state index in [0.717, 1.165) is 12.1 Å². The van der Waals surface area contributed by atoms with E-state index in [0.29, 0.717) is 18.1 Å². The zero-order chi connectivity index (χ0) is 14.5. The second-order valence-corrected chi connectivity index (χ2v) is 7.44. The van der Waals surface area contributed by atoms with Crippen molar-refractivity contribution in [3.8, 4) is 0 Å². The number of nitrogens with one attached hydrogen (secondary N) is 1. The van der Waals surface area contributed by atoms with Crippen LogP contribution in [0, 0.1) is 0 Å². The van der Waals surface area contributed by atoms with Crippen LogP contribution in [0.1, 0.15) is 19.4 Å². The van der Waals surface area contributed by atoms with Gasteiger partial charge in [-0.25, -0.2) is 12.7 Å². The molecule has 6 heteroatoms. The van der Waals surface area contributed by atoms with Gasteiger partial charge < -0.3 is 5.32 Å². The van der Waals surface area contributed by atoms with E-state index in [9.17, 15) is 8.42 Å². The molecule has 1 unspecified atom stereocenters.